The fraction of sp³-hybridized carbons (Fsp3) is 0.158. The third-order valence-corrected chi connectivity index (χ3v) is 4.88. The van der Waals surface area contributed by atoms with Gasteiger partial charge >= 0.3 is 0 Å². The monoisotopic (exact) mass is 379 g/mol. The van der Waals surface area contributed by atoms with Gasteiger partial charge in [-0.15, -0.1) is 5.10 Å². The van der Waals surface area contributed by atoms with E-state index in [0.717, 1.165) is 28.3 Å². The molecule has 0 atom stereocenters. The van der Waals surface area contributed by atoms with E-state index in [2.05, 4.69) is 20.5 Å². The highest BCUT2D eigenvalue weighted by Gasteiger charge is 2.12. The number of aryl methyl sites for hydroxylation is 1. The first-order valence-corrected chi connectivity index (χ1v) is 9.28. The van der Waals surface area contributed by atoms with Gasteiger partial charge in [0.05, 0.1) is 18.5 Å². The number of ether oxygens (including phenoxy) is 1. The van der Waals surface area contributed by atoms with Gasteiger partial charge < -0.3 is 9.15 Å². The van der Waals surface area contributed by atoms with E-state index in [1.54, 1.807) is 18.1 Å². The predicted octanol–water partition coefficient (Wildman–Crippen LogP) is 3.93. The number of thioether (sulfide) groups is 1. The van der Waals surface area contributed by atoms with E-state index in [-0.39, 0.29) is 0 Å². The van der Waals surface area contributed by atoms with Gasteiger partial charge in [-0.3, -0.25) is 0 Å². The second kappa shape index (κ2) is 7.63. The first-order chi connectivity index (χ1) is 13.2. The van der Waals surface area contributed by atoms with Crippen LogP contribution in [0.25, 0.3) is 17.1 Å². The molecule has 0 aliphatic rings. The fourth-order valence-electron chi connectivity index (χ4n) is 2.57. The molecule has 0 N–H and O–H groups in total. The zero-order valence-electron chi connectivity index (χ0n) is 14.9. The summed E-state index contributed by atoms with van der Waals surface area (Å²) < 4.78 is 12.5. The van der Waals surface area contributed by atoms with Crippen molar-refractivity contribution in [3.05, 3.63) is 66.1 Å². The van der Waals surface area contributed by atoms with Crippen LogP contribution >= 0.6 is 11.8 Å². The summed E-state index contributed by atoms with van der Waals surface area (Å²) in [5.74, 6) is 1.97. The van der Waals surface area contributed by atoms with Gasteiger partial charge in [0.25, 0.3) is 0 Å². The number of methoxy groups -OCH3 is 1. The Kier molecular flexibility index (Phi) is 4.88. The Morgan fingerprint density at radius 3 is 2.78 bits per heavy atom. The predicted molar refractivity (Wildman–Crippen MR) is 102 cm³/mol. The average Bonchev–Trinajstić information content (AvgIpc) is 3.36. The quantitative estimate of drug-likeness (QED) is 0.470. The molecule has 0 radical (unpaired) electrons. The third kappa shape index (κ3) is 3.85. The molecule has 8 heteroatoms. The molecule has 0 saturated carbocycles. The van der Waals surface area contributed by atoms with E-state index in [0.29, 0.717) is 16.8 Å². The van der Waals surface area contributed by atoms with Crippen LogP contribution in [0.3, 0.4) is 0 Å². The molecule has 2 heterocycles. The number of hydrogen-bond acceptors (Lipinski definition) is 7. The van der Waals surface area contributed by atoms with Crippen LogP contribution in [0.15, 0.2) is 64.4 Å². The second-order valence-corrected chi connectivity index (χ2v) is 6.82. The molecular weight excluding hydrogens is 362 g/mol. The first kappa shape index (κ1) is 17.3. The van der Waals surface area contributed by atoms with Crippen molar-refractivity contribution in [2.45, 2.75) is 17.8 Å². The highest BCUT2D eigenvalue weighted by atomic mass is 32.2. The molecule has 136 valence electrons. The van der Waals surface area contributed by atoms with Crippen molar-refractivity contribution >= 4 is 11.8 Å². The second-order valence-electron chi connectivity index (χ2n) is 5.87. The number of nitrogens with zero attached hydrogens (tertiary/aromatic N) is 5. The number of benzene rings is 2. The van der Waals surface area contributed by atoms with Crippen molar-refractivity contribution in [2.75, 3.05) is 7.11 Å². The van der Waals surface area contributed by atoms with Crippen molar-refractivity contribution in [1.29, 1.82) is 0 Å². The van der Waals surface area contributed by atoms with Gasteiger partial charge in [-0.2, -0.15) is 4.68 Å². The van der Waals surface area contributed by atoms with Gasteiger partial charge in [-0.25, -0.2) is 4.98 Å². The summed E-state index contributed by atoms with van der Waals surface area (Å²) in [6.45, 7) is 2.04. The van der Waals surface area contributed by atoms with Crippen LogP contribution in [-0.2, 0) is 5.75 Å². The van der Waals surface area contributed by atoms with Crippen LogP contribution < -0.4 is 4.74 Å². The largest absolute Gasteiger partial charge is 0.497 e. The molecule has 0 aliphatic carbocycles. The molecule has 4 rings (SSSR count). The number of hydrogen-bond donors (Lipinski definition) is 0. The van der Waals surface area contributed by atoms with Gasteiger partial charge in [0.1, 0.15) is 12.0 Å². The molecule has 0 saturated heterocycles. The lowest BCUT2D eigenvalue weighted by molar-refractivity contribution is 0.415. The van der Waals surface area contributed by atoms with Crippen molar-refractivity contribution in [3.63, 3.8) is 0 Å². The van der Waals surface area contributed by atoms with E-state index < -0.39 is 0 Å². The minimum absolute atomic E-state index is 0.575. The molecule has 0 bridgehead atoms. The maximum atomic E-state index is 5.60. The molecule has 0 fully saturated rings. The van der Waals surface area contributed by atoms with Crippen LogP contribution in [-0.4, -0.2) is 32.3 Å². The molecule has 0 aliphatic heterocycles. The molecule has 0 amide bonds. The van der Waals surface area contributed by atoms with E-state index in [9.17, 15) is 0 Å². The van der Waals surface area contributed by atoms with Gasteiger partial charge in [0, 0.05) is 11.3 Å². The van der Waals surface area contributed by atoms with Gasteiger partial charge in [-0.05, 0) is 59.3 Å². The average molecular weight is 379 g/mol. The highest BCUT2D eigenvalue weighted by Crippen LogP contribution is 2.26. The Bertz CT molecular complexity index is 1040. The van der Waals surface area contributed by atoms with Crippen LogP contribution in [0.2, 0.25) is 0 Å². The zero-order chi connectivity index (χ0) is 18.6. The molecule has 27 heavy (non-hydrogen) atoms. The Hall–Kier alpha value is -3.13. The van der Waals surface area contributed by atoms with Crippen LogP contribution in [0.5, 0.6) is 5.75 Å². The minimum Gasteiger partial charge on any atom is -0.497 e. The molecule has 4 aromatic rings. The molecule has 2 aromatic carbocycles. The van der Waals surface area contributed by atoms with Crippen molar-refractivity contribution in [2.24, 2.45) is 0 Å². The lowest BCUT2D eigenvalue weighted by Gasteiger charge is -2.04. The Morgan fingerprint density at radius 1 is 1.15 bits per heavy atom. The maximum absolute atomic E-state index is 5.60. The molecule has 0 unspecified atom stereocenters. The number of oxazole rings is 1. The topological polar surface area (TPSA) is 78.9 Å². The third-order valence-electron chi connectivity index (χ3n) is 3.92. The number of rotatable bonds is 6. The van der Waals surface area contributed by atoms with Gasteiger partial charge in [0.2, 0.25) is 11.0 Å². The first-order valence-electron chi connectivity index (χ1n) is 8.30. The molecule has 0 spiro atoms. The summed E-state index contributed by atoms with van der Waals surface area (Å²) in [4.78, 5) is 4.55. The SMILES string of the molecule is COc1ccc(-c2nc(CSc3nnnn3-c3cccc(C)c3)co2)cc1. The Morgan fingerprint density at radius 2 is 2.00 bits per heavy atom. The van der Waals surface area contributed by atoms with Crippen LogP contribution in [0.4, 0.5) is 0 Å². The Labute approximate surface area is 160 Å². The fourth-order valence-corrected chi connectivity index (χ4v) is 3.34. The van der Waals surface area contributed by atoms with Crippen molar-refractivity contribution in [1.82, 2.24) is 25.2 Å². The maximum Gasteiger partial charge on any atom is 0.226 e. The summed E-state index contributed by atoms with van der Waals surface area (Å²) in [5.41, 5.74) is 3.81. The Balaban J connectivity index is 1.47. The van der Waals surface area contributed by atoms with E-state index in [4.69, 9.17) is 9.15 Å². The van der Waals surface area contributed by atoms with Crippen LogP contribution in [0.1, 0.15) is 11.3 Å². The highest BCUT2D eigenvalue weighted by molar-refractivity contribution is 7.98. The van der Waals surface area contributed by atoms with Gasteiger partial charge in [0.15, 0.2) is 0 Å². The van der Waals surface area contributed by atoms with E-state index in [1.165, 1.54) is 11.8 Å². The number of tetrazole rings is 1. The van der Waals surface area contributed by atoms with Crippen molar-refractivity contribution in [3.8, 4) is 22.9 Å². The van der Waals surface area contributed by atoms with E-state index >= 15 is 0 Å². The standard InChI is InChI=1S/C19H17N5O2S/c1-13-4-3-5-16(10-13)24-19(21-22-23-24)27-12-15-11-26-18(20-15)14-6-8-17(25-2)9-7-14/h3-11H,12H2,1-2H3. The molecular formula is C19H17N5O2S. The zero-order valence-corrected chi connectivity index (χ0v) is 15.7. The number of aromatic nitrogens is 5. The lowest BCUT2D eigenvalue weighted by atomic mass is 10.2. The van der Waals surface area contributed by atoms with Crippen LogP contribution in [0, 0.1) is 6.92 Å². The lowest BCUT2D eigenvalue weighted by Crippen LogP contribution is -1.99. The molecule has 7 nitrogen and oxygen atoms in total. The van der Waals surface area contributed by atoms with E-state index in [1.807, 2.05) is 55.5 Å². The minimum atomic E-state index is 0.575. The summed E-state index contributed by atoms with van der Waals surface area (Å²) >= 11 is 1.51. The summed E-state index contributed by atoms with van der Waals surface area (Å²) in [5, 5.41) is 12.7. The smallest absolute Gasteiger partial charge is 0.226 e. The summed E-state index contributed by atoms with van der Waals surface area (Å²) in [6.07, 6.45) is 1.66. The summed E-state index contributed by atoms with van der Waals surface area (Å²) in [7, 11) is 1.64. The van der Waals surface area contributed by atoms with Crippen molar-refractivity contribution < 1.29 is 9.15 Å². The summed E-state index contributed by atoms with van der Waals surface area (Å²) in [6, 6.07) is 15.6. The molecule has 2 aromatic heterocycles. The van der Waals surface area contributed by atoms with Gasteiger partial charge in [-0.1, -0.05) is 23.9 Å². The normalized spacial score (nSPS) is 10.9.